The molecule has 0 spiro atoms. The Bertz CT molecular complexity index is 1400. The Labute approximate surface area is 202 Å². The molecule has 1 saturated heterocycles. The van der Waals surface area contributed by atoms with Crippen molar-refractivity contribution in [1.82, 2.24) is 35.1 Å². The number of nitrogens with one attached hydrogen (secondary N) is 2. The number of ether oxygens (including phenoxy) is 2. The van der Waals surface area contributed by atoms with Crippen molar-refractivity contribution in [2.75, 3.05) is 26.3 Å². The van der Waals surface area contributed by atoms with Crippen molar-refractivity contribution in [3.63, 3.8) is 0 Å². The number of hydrogen-bond acceptors (Lipinski definition) is 7. The molecule has 4 aromatic rings. The number of aryl methyl sites for hydroxylation is 1. The fourth-order valence-corrected chi connectivity index (χ4v) is 4.92. The number of rotatable bonds is 1. The second-order valence-corrected chi connectivity index (χ2v) is 9.12. The molecule has 3 aromatic heterocycles. The lowest BCUT2D eigenvalue weighted by Crippen LogP contribution is -2.42. The molecule has 0 radical (unpaired) electrons. The van der Waals surface area contributed by atoms with Crippen LogP contribution in [0.5, 0.6) is 11.8 Å². The smallest absolute Gasteiger partial charge is 0.240 e. The van der Waals surface area contributed by atoms with Crippen molar-refractivity contribution < 1.29 is 14.6 Å². The monoisotopic (exact) mass is 475 g/mol. The van der Waals surface area contributed by atoms with E-state index in [1.807, 2.05) is 49.1 Å². The van der Waals surface area contributed by atoms with E-state index in [9.17, 15) is 5.11 Å². The summed E-state index contributed by atoms with van der Waals surface area (Å²) in [4.78, 5) is 0. The molecule has 0 amide bonds. The van der Waals surface area contributed by atoms with E-state index in [2.05, 4.69) is 26.7 Å². The summed E-state index contributed by atoms with van der Waals surface area (Å²) in [5.74, 6) is 1.28. The summed E-state index contributed by atoms with van der Waals surface area (Å²) in [6.07, 6.45) is 6.87. The normalized spacial score (nSPS) is 21.5. The van der Waals surface area contributed by atoms with E-state index in [0.29, 0.717) is 32.1 Å². The third kappa shape index (κ3) is 3.88. The Hall–Kier alpha value is -3.63. The first-order valence-corrected chi connectivity index (χ1v) is 12.0. The van der Waals surface area contributed by atoms with Gasteiger partial charge in [-0.05, 0) is 49.7 Å². The van der Waals surface area contributed by atoms with Crippen molar-refractivity contribution in [3.05, 3.63) is 41.3 Å². The first kappa shape index (κ1) is 21.9. The second kappa shape index (κ2) is 8.86. The van der Waals surface area contributed by atoms with Crippen LogP contribution >= 0.6 is 0 Å². The van der Waals surface area contributed by atoms with Gasteiger partial charge in [0.15, 0.2) is 0 Å². The molecule has 182 valence electrons. The van der Waals surface area contributed by atoms with Gasteiger partial charge in [0.05, 0.1) is 53.9 Å². The summed E-state index contributed by atoms with van der Waals surface area (Å²) in [5.41, 5.74) is 5.60. The largest absolute Gasteiger partial charge is 0.477 e. The number of fused-ring (bicyclic) bond motifs is 4. The molecule has 2 aliphatic heterocycles. The molecule has 0 saturated carbocycles. The van der Waals surface area contributed by atoms with Crippen LogP contribution in [0.1, 0.15) is 35.8 Å². The fraction of sp³-hybridized carbons (Fsp3) is 0.400. The highest BCUT2D eigenvalue weighted by molar-refractivity contribution is 5.93. The van der Waals surface area contributed by atoms with Crippen molar-refractivity contribution in [2.24, 2.45) is 7.05 Å². The summed E-state index contributed by atoms with van der Waals surface area (Å²) < 4.78 is 15.9. The van der Waals surface area contributed by atoms with E-state index < -0.39 is 6.10 Å². The quantitative estimate of drug-likeness (QED) is 0.388. The van der Waals surface area contributed by atoms with E-state index in [-0.39, 0.29) is 6.04 Å². The van der Waals surface area contributed by atoms with Crippen LogP contribution in [0, 0.1) is 6.92 Å². The maximum absolute atomic E-state index is 10.6. The average molecular weight is 476 g/mol. The maximum Gasteiger partial charge on any atom is 0.240 e. The van der Waals surface area contributed by atoms with Gasteiger partial charge in [0, 0.05) is 31.1 Å². The van der Waals surface area contributed by atoms with Gasteiger partial charge in [0.25, 0.3) is 0 Å². The van der Waals surface area contributed by atoms with Gasteiger partial charge >= 0.3 is 0 Å². The number of aliphatic hydroxyl groups is 1. The van der Waals surface area contributed by atoms with Gasteiger partial charge in [-0.1, -0.05) is 6.07 Å². The highest BCUT2D eigenvalue weighted by Crippen LogP contribution is 2.34. The number of H-pyrrole nitrogens is 1. The van der Waals surface area contributed by atoms with Crippen LogP contribution in [0.15, 0.2) is 24.4 Å². The lowest BCUT2D eigenvalue weighted by atomic mass is 10.0. The first-order valence-electron chi connectivity index (χ1n) is 12.0. The molecule has 0 unspecified atom stereocenters. The number of β-amino-alcohol motifs (C(OH)–C–C–N with tert-alkyl or cyclic N) is 1. The Morgan fingerprint density at radius 3 is 2.94 bits per heavy atom. The molecule has 2 bridgehead atoms. The molecule has 5 heterocycles. The number of nitrogens with zero attached hydrogens (tertiary/aromatic N) is 5. The van der Waals surface area contributed by atoms with Gasteiger partial charge < -0.3 is 19.9 Å². The molecular formula is C25H29N7O3. The zero-order valence-electron chi connectivity index (χ0n) is 19.9. The minimum absolute atomic E-state index is 0.0894. The van der Waals surface area contributed by atoms with Gasteiger partial charge in [0.2, 0.25) is 11.8 Å². The van der Waals surface area contributed by atoms with Gasteiger partial charge in [-0.2, -0.15) is 10.2 Å². The number of aromatic amines is 1. The van der Waals surface area contributed by atoms with E-state index >= 15 is 0 Å². The predicted molar refractivity (Wildman–Crippen MR) is 132 cm³/mol. The Morgan fingerprint density at radius 2 is 2.06 bits per heavy atom. The molecule has 0 aliphatic carbocycles. The molecule has 1 fully saturated rings. The highest BCUT2D eigenvalue weighted by Gasteiger charge is 2.28. The molecule has 35 heavy (non-hydrogen) atoms. The van der Waals surface area contributed by atoms with E-state index in [0.717, 1.165) is 57.8 Å². The van der Waals surface area contributed by atoms with Crippen molar-refractivity contribution in [2.45, 2.75) is 31.9 Å². The highest BCUT2D eigenvalue weighted by atomic mass is 16.5. The van der Waals surface area contributed by atoms with Gasteiger partial charge in [-0.3, -0.25) is 9.78 Å². The summed E-state index contributed by atoms with van der Waals surface area (Å²) in [6.45, 7) is 4.38. The summed E-state index contributed by atoms with van der Waals surface area (Å²) in [7, 11) is 1.88. The molecule has 6 rings (SSSR count). The van der Waals surface area contributed by atoms with Crippen LogP contribution in [-0.2, 0) is 7.05 Å². The molecular weight excluding hydrogens is 446 g/mol. The van der Waals surface area contributed by atoms with Crippen LogP contribution in [-0.4, -0.2) is 67.3 Å². The Morgan fingerprint density at radius 1 is 1.17 bits per heavy atom. The predicted octanol–water partition coefficient (Wildman–Crippen LogP) is 2.70. The van der Waals surface area contributed by atoms with Gasteiger partial charge in [-0.15, -0.1) is 5.10 Å². The minimum atomic E-state index is -0.499. The van der Waals surface area contributed by atoms with Crippen LogP contribution in [0.2, 0.25) is 0 Å². The van der Waals surface area contributed by atoms with E-state index in [4.69, 9.17) is 14.6 Å². The molecule has 2 atom stereocenters. The molecule has 3 N–H and O–H groups in total. The first-order chi connectivity index (χ1) is 17.1. The van der Waals surface area contributed by atoms with Crippen LogP contribution < -0.4 is 14.8 Å². The lowest BCUT2D eigenvalue weighted by Gasteiger charge is -2.29. The molecule has 2 aliphatic rings. The third-order valence-corrected chi connectivity index (χ3v) is 6.85. The van der Waals surface area contributed by atoms with E-state index in [1.54, 1.807) is 4.68 Å². The van der Waals surface area contributed by atoms with Crippen molar-refractivity contribution in [3.8, 4) is 22.9 Å². The zero-order chi connectivity index (χ0) is 23.9. The fourth-order valence-electron chi connectivity index (χ4n) is 4.92. The SMILES string of the molecule is Cc1c2c(nn1[C@H]1CCNC[C@@H]1O)OCCCOc1c(cnn1C)-c1ccc3n[nH]c(c3c1)/C=C/2. The minimum Gasteiger partial charge on any atom is -0.477 e. The second-order valence-electron chi connectivity index (χ2n) is 9.12. The maximum atomic E-state index is 10.6. The molecule has 10 heteroatoms. The number of piperidine rings is 1. The van der Waals surface area contributed by atoms with Crippen molar-refractivity contribution in [1.29, 1.82) is 0 Å². The number of aliphatic hydroxyl groups excluding tert-OH is 1. The third-order valence-electron chi connectivity index (χ3n) is 6.85. The number of benzene rings is 1. The summed E-state index contributed by atoms with van der Waals surface area (Å²) >= 11 is 0. The van der Waals surface area contributed by atoms with Crippen LogP contribution in [0.3, 0.4) is 0 Å². The van der Waals surface area contributed by atoms with E-state index in [1.165, 1.54) is 0 Å². The Kier molecular flexibility index (Phi) is 5.54. The topological polar surface area (TPSA) is 115 Å². The standard InChI is InChI=1S/C25H29N7O3/c1-15-17-5-7-21-18-12-16(4-6-20(18)28-29-21)19-13-27-31(2)25(19)35-11-3-10-34-24(17)30-32(15)22-8-9-26-14-23(22)33/h4-7,12-13,22-23,26,33H,3,8-11,14H2,1-2H3,(H,28,29)/b7-5+/t22-,23-/m0/s1. The molecule has 1 aromatic carbocycles. The summed E-state index contributed by atoms with van der Waals surface area (Å²) in [6, 6.07) is 6.07. The molecule has 10 nitrogen and oxygen atoms in total. The Balaban J connectivity index is 1.44. The van der Waals surface area contributed by atoms with Crippen molar-refractivity contribution >= 4 is 23.1 Å². The lowest BCUT2D eigenvalue weighted by molar-refractivity contribution is 0.0790. The summed E-state index contributed by atoms with van der Waals surface area (Å²) in [5, 5.41) is 31.7. The zero-order valence-corrected chi connectivity index (χ0v) is 19.9. The van der Waals surface area contributed by atoms with Gasteiger partial charge in [-0.25, -0.2) is 4.68 Å². The average Bonchev–Trinajstić information content (AvgIpc) is 3.53. The van der Waals surface area contributed by atoms with Gasteiger partial charge in [0.1, 0.15) is 0 Å². The number of aromatic nitrogens is 6. The van der Waals surface area contributed by atoms with Crippen LogP contribution in [0.25, 0.3) is 34.2 Å². The van der Waals surface area contributed by atoms with Crippen LogP contribution in [0.4, 0.5) is 0 Å². The number of hydrogen-bond donors (Lipinski definition) is 3.